The number of allylic oxidation sites excluding steroid dienone is 4. The molecule has 6 unspecified atom stereocenters. The summed E-state index contributed by atoms with van der Waals surface area (Å²) in [4.78, 5) is 41.6. The third kappa shape index (κ3) is 36.8. The molecular formula is C64H106F8N6O3. The number of hydrogen-bond acceptors (Lipinski definition) is 7. The molecule has 2 aromatic rings. The number of carbonyl (C=O) groups excluding carboxylic acids is 3. The Balaban J connectivity index is -0.000000535. The topological polar surface area (TPSA) is 132 Å². The van der Waals surface area contributed by atoms with Crippen LogP contribution in [0.25, 0.3) is 5.57 Å². The number of unbranched alkanes of at least 4 members (excludes halogenated alkanes) is 2. The number of alkyl halides is 8. The van der Waals surface area contributed by atoms with E-state index >= 15 is 0 Å². The number of aryl methyl sites for hydroxylation is 1. The Bertz CT molecular complexity index is 2220. The zero-order valence-electron chi connectivity index (χ0n) is 53.2. The summed E-state index contributed by atoms with van der Waals surface area (Å²) in [5, 5.41) is 6.56. The van der Waals surface area contributed by atoms with Crippen LogP contribution in [-0.2, 0) is 33.3 Å². The third-order valence-electron chi connectivity index (χ3n) is 12.7. The SMILES string of the molecule is C#CCC.C=C(C)C.CC(C)=O.CCC(C)/C=C(\C)c1cc(C(F)(F)F)nn1CC(C)(C)NC(=O)C(C)CC(=C/N)/C=N/C(F)F.CCCC.CCCC1(C(=O)C(C)CC)CC1c1ccc(C)nc1C(F)(F)F.CCCCC(C)CC. The van der Waals surface area contributed by atoms with Crippen LogP contribution in [-0.4, -0.2) is 50.5 Å². The summed E-state index contributed by atoms with van der Waals surface area (Å²) in [5.41, 5.74) is 4.94. The lowest BCUT2D eigenvalue weighted by molar-refractivity contribution is -0.142. The first-order chi connectivity index (χ1) is 37.4. The van der Waals surface area contributed by atoms with Crippen LogP contribution in [0.15, 0.2) is 53.2 Å². The maximum Gasteiger partial charge on any atom is 0.435 e. The van der Waals surface area contributed by atoms with Crippen molar-refractivity contribution in [3.63, 3.8) is 0 Å². The summed E-state index contributed by atoms with van der Waals surface area (Å²) in [6.45, 7) is 38.7. The van der Waals surface area contributed by atoms with Crippen molar-refractivity contribution in [2.24, 2.45) is 39.8 Å². The minimum absolute atomic E-state index is 0.0189. The molecule has 0 bridgehead atoms. The molecule has 2 heterocycles. The Morgan fingerprint density at radius 3 is 1.80 bits per heavy atom. The standard InChI is InChI=1S/C23H34F5N5O.C18H24F3NO.C8H18.C4H8.C4H10.C4H6.C3H6O/c1-7-14(2)8-15(3)18-10-19(23(26,27)28)32-33(18)13-22(5,6)31-20(34)16(4)9-17(11-29)12-30-21(24)25;1-5-9-17(16(23)11(3)6-2)10-14(17)13-8-7-12(4)22-15(13)18(19,20)21;1-4-6-7-8(3)5-2;1-4(2)3;2*1-3-4-2;1-3(2)4/h8,10-12,14,16,21H,7,9,13,29H2,1-6H3,(H,31,34);7-8,11,14H,5-6,9-10H2,1-4H3;8H,4-7H2,1-3H3;1H2,2-3H3;3-4H2,1-2H3;1H,4H2,2H3;1-2H3/b15-8+,17-11-,30-12+;;;;;;. The molecule has 1 saturated carbocycles. The van der Waals surface area contributed by atoms with Crippen molar-refractivity contribution in [3.8, 4) is 12.3 Å². The monoisotopic (exact) mass is 1160 g/mol. The number of ketones is 2. The van der Waals surface area contributed by atoms with Crippen molar-refractivity contribution < 1.29 is 49.5 Å². The minimum Gasteiger partial charge on any atom is -0.404 e. The molecule has 9 nitrogen and oxygen atoms in total. The van der Waals surface area contributed by atoms with E-state index < -0.39 is 53.1 Å². The Labute approximate surface area is 484 Å². The van der Waals surface area contributed by atoms with Crippen molar-refractivity contribution in [1.29, 1.82) is 0 Å². The van der Waals surface area contributed by atoms with Gasteiger partial charge in [0.25, 0.3) is 0 Å². The number of aromatic nitrogens is 3. The summed E-state index contributed by atoms with van der Waals surface area (Å²) < 4.78 is 106. The highest BCUT2D eigenvalue weighted by molar-refractivity contribution is 5.91. The minimum atomic E-state index is -4.61. The predicted molar refractivity (Wildman–Crippen MR) is 322 cm³/mol. The van der Waals surface area contributed by atoms with Gasteiger partial charge < -0.3 is 15.8 Å². The van der Waals surface area contributed by atoms with Gasteiger partial charge in [0.05, 0.1) is 17.8 Å². The lowest BCUT2D eigenvalue weighted by Crippen LogP contribution is -2.48. The highest BCUT2D eigenvalue weighted by atomic mass is 19.4. The Kier molecular flexibility index (Phi) is 43.3. The van der Waals surface area contributed by atoms with Crippen molar-refractivity contribution in [3.05, 3.63) is 76.5 Å². The van der Waals surface area contributed by atoms with E-state index in [1.165, 1.54) is 68.7 Å². The molecule has 0 aliphatic heterocycles. The highest BCUT2D eigenvalue weighted by Gasteiger charge is 2.61. The number of halogens is 8. The number of carbonyl (C=O) groups is 3. The molecule has 0 spiro atoms. The molecule has 466 valence electrons. The van der Waals surface area contributed by atoms with Crippen LogP contribution in [0.1, 0.15) is 249 Å². The molecule has 0 saturated heterocycles. The molecule has 0 aromatic carbocycles. The Morgan fingerprint density at radius 2 is 1.41 bits per heavy atom. The first-order valence-corrected chi connectivity index (χ1v) is 28.9. The predicted octanol–water partition coefficient (Wildman–Crippen LogP) is 18.9. The molecule has 6 atom stereocenters. The number of rotatable bonds is 22. The van der Waals surface area contributed by atoms with Crippen molar-refractivity contribution in [2.75, 3.05) is 0 Å². The molecule has 1 amide bonds. The van der Waals surface area contributed by atoms with E-state index in [9.17, 15) is 49.5 Å². The van der Waals surface area contributed by atoms with E-state index in [0.717, 1.165) is 50.1 Å². The van der Waals surface area contributed by atoms with E-state index in [2.05, 4.69) is 67.5 Å². The van der Waals surface area contributed by atoms with Crippen LogP contribution in [0.5, 0.6) is 0 Å². The molecule has 81 heavy (non-hydrogen) atoms. The Hall–Kier alpha value is -5.14. The molecule has 2 aromatic heterocycles. The summed E-state index contributed by atoms with van der Waals surface area (Å²) in [7, 11) is 0. The fraction of sp³-hybridized carbons (Fsp3) is 0.688. The van der Waals surface area contributed by atoms with Gasteiger partial charge in [-0.1, -0.05) is 152 Å². The second-order valence-electron chi connectivity index (χ2n) is 22.1. The average Bonchev–Trinajstić information content (AvgIpc) is 3.94. The largest absolute Gasteiger partial charge is 0.435 e. The number of nitrogens with zero attached hydrogens (tertiary/aromatic N) is 4. The molecule has 3 rings (SSSR count). The molecule has 1 aliphatic carbocycles. The number of aliphatic imine (C=N–C) groups is 1. The summed E-state index contributed by atoms with van der Waals surface area (Å²) in [5.74, 6) is 2.31. The second-order valence-corrected chi connectivity index (χ2v) is 22.1. The van der Waals surface area contributed by atoms with Gasteiger partial charge in [0.1, 0.15) is 17.3 Å². The lowest BCUT2D eigenvalue weighted by atomic mass is 9.83. The van der Waals surface area contributed by atoms with Crippen LogP contribution in [0.2, 0.25) is 0 Å². The summed E-state index contributed by atoms with van der Waals surface area (Å²) >= 11 is 0. The molecular weight excluding hydrogens is 1050 g/mol. The van der Waals surface area contributed by atoms with Crippen LogP contribution < -0.4 is 11.1 Å². The van der Waals surface area contributed by atoms with E-state index in [4.69, 9.17) is 12.2 Å². The quantitative estimate of drug-likeness (QED) is 0.0397. The van der Waals surface area contributed by atoms with Gasteiger partial charge in [0.15, 0.2) is 5.69 Å². The van der Waals surface area contributed by atoms with Gasteiger partial charge in [-0.3, -0.25) is 14.3 Å². The van der Waals surface area contributed by atoms with Gasteiger partial charge in [-0.15, -0.1) is 18.9 Å². The molecule has 1 aliphatic rings. The fourth-order valence-corrected chi connectivity index (χ4v) is 7.60. The van der Waals surface area contributed by atoms with Gasteiger partial charge in [-0.2, -0.15) is 40.2 Å². The number of amides is 1. The summed E-state index contributed by atoms with van der Waals surface area (Å²) in [6.07, 6.45) is 12.2. The third-order valence-corrected chi connectivity index (χ3v) is 12.7. The molecule has 17 heteroatoms. The molecule has 3 N–H and O–H groups in total. The Morgan fingerprint density at radius 1 is 0.877 bits per heavy atom. The van der Waals surface area contributed by atoms with E-state index in [1.807, 2.05) is 61.5 Å². The zero-order valence-corrected chi connectivity index (χ0v) is 53.2. The first kappa shape index (κ1) is 82.3. The first-order valence-electron chi connectivity index (χ1n) is 28.9. The normalized spacial score (nSPS) is 16.4. The molecule has 1 fully saturated rings. The van der Waals surface area contributed by atoms with E-state index in [-0.39, 0.29) is 53.4 Å². The van der Waals surface area contributed by atoms with Crippen LogP contribution >= 0.6 is 0 Å². The van der Waals surface area contributed by atoms with Crippen molar-refractivity contribution >= 4 is 29.3 Å². The van der Waals surface area contributed by atoms with Gasteiger partial charge >= 0.3 is 18.9 Å². The van der Waals surface area contributed by atoms with Crippen LogP contribution in [0.3, 0.4) is 0 Å². The van der Waals surface area contributed by atoms with Crippen LogP contribution in [0, 0.1) is 48.4 Å². The van der Waals surface area contributed by atoms with Gasteiger partial charge in [0, 0.05) is 35.6 Å². The lowest BCUT2D eigenvalue weighted by Gasteiger charge is -2.29. The van der Waals surface area contributed by atoms with Gasteiger partial charge in [-0.05, 0) is 134 Å². The maximum atomic E-state index is 13.4. The number of terminal acetylenes is 1. The maximum absolute atomic E-state index is 13.4. The number of Topliss-reactive ketones (excluding diaryl/α,β-unsaturated/α-hetero) is 2. The number of hydrogen-bond donors (Lipinski definition) is 2. The molecule has 0 radical (unpaired) electrons. The smallest absolute Gasteiger partial charge is 0.404 e. The van der Waals surface area contributed by atoms with E-state index in [1.54, 1.807) is 40.7 Å². The zero-order chi connectivity index (χ0) is 64.1. The highest BCUT2D eigenvalue weighted by Crippen LogP contribution is 2.65. The number of pyridine rings is 1. The summed E-state index contributed by atoms with van der Waals surface area (Å²) in [6, 6.07) is 4.12. The average molecular weight is 1160 g/mol. The van der Waals surface area contributed by atoms with Crippen molar-refractivity contribution in [2.45, 2.75) is 259 Å². The van der Waals surface area contributed by atoms with Crippen molar-refractivity contribution in [1.82, 2.24) is 20.1 Å². The number of nitrogens with one attached hydrogen (secondary N) is 1. The van der Waals surface area contributed by atoms with Crippen LogP contribution in [0.4, 0.5) is 35.1 Å². The number of nitrogens with two attached hydrogens (primary N) is 1. The second kappa shape index (κ2) is 42.6. The van der Waals surface area contributed by atoms with E-state index in [0.29, 0.717) is 29.8 Å². The van der Waals surface area contributed by atoms with Gasteiger partial charge in [0.2, 0.25) is 5.91 Å². The fourth-order valence-electron chi connectivity index (χ4n) is 7.60. The van der Waals surface area contributed by atoms with Gasteiger partial charge in [-0.25, -0.2) is 9.98 Å².